The third kappa shape index (κ3) is 6.16. The number of aromatic amines is 1. The Morgan fingerprint density at radius 1 is 1.05 bits per heavy atom. The Kier molecular flexibility index (Phi) is 8.69. The highest BCUT2D eigenvalue weighted by molar-refractivity contribution is 7.79. The maximum absolute atomic E-state index is 12.9. The standard InChI is InChI=1S/C23H18F3N5O2.C2H6.CH4S/c1-12-3-8-17-16(9-12)21(32)13(2)20(28-17)22-29-19-10-27-18(11-31(19)30-22)14-4-6-15(7-5-14)33-23(24,25)26;2*1-2/h3-9,11,27H,10H2,1-2H3,(H,28,32);1-2H3;2H,1H3. The Balaban J connectivity index is 0.000000907. The van der Waals surface area contributed by atoms with Crippen LogP contribution in [0.3, 0.4) is 0 Å². The van der Waals surface area contributed by atoms with E-state index in [-0.39, 0.29) is 11.2 Å². The number of H-pyrrole nitrogens is 1. The van der Waals surface area contributed by atoms with Crippen molar-refractivity contribution in [1.29, 1.82) is 0 Å². The van der Waals surface area contributed by atoms with Crippen LogP contribution in [-0.2, 0) is 6.54 Å². The molecule has 0 bridgehead atoms. The molecule has 37 heavy (non-hydrogen) atoms. The van der Waals surface area contributed by atoms with Gasteiger partial charge in [-0.2, -0.15) is 12.6 Å². The van der Waals surface area contributed by atoms with E-state index in [1.54, 1.807) is 24.1 Å². The Morgan fingerprint density at radius 2 is 1.73 bits per heavy atom. The molecule has 0 saturated carbocycles. The predicted molar refractivity (Wildman–Crippen MR) is 143 cm³/mol. The van der Waals surface area contributed by atoms with E-state index in [4.69, 9.17) is 0 Å². The van der Waals surface area contributed by atoms with Gasteiger partial charge in [-0.3, -0.25) is 4.79 Å². The first-order chi connectivity index (χ1) is 17.7. The van der Waals surface area contributed by atoms with Crippen LogP contribution in [-0.4, -0.2) is 32.4 Å². The molecule has 2 aromatic heterocycles. The van der Waals surface area contributed by atoms with Crippen molar-refractivity contribution in [3.63, 3.8) is 0 Å². The van der Waals surface area contributed by atoms with Crippen molar-refractivity contribution in [3.05, 3.63) is 75.2 Å². The molecule has 0 atom stereocenters. The summed E-state index contributed by atoms with van der Waals surface area (Å²) >= 11 is 3.53. The van der Waals surface area contributed by atoms with Crippen molar-refractivity contribution in [2.75, 3.05) is 6.26 Å². The van der Waals surface area contributed by atoms with Crippen molar-refractivity contribution in [3.8, 4) is 17.3 Å². The molecule has 0 amide bonds. The monoisotopic (exact) mass is 531 g/mol. The number of nitrogens with zero attached hydrogens (tertiary/aromatic N) is 3. The lowest BCUT2D eigenvalue weighted by atomic mass is 10.1. The molecule has 0 radical (unpaired) electrons. The van der Waals surface area contributed by atoms with Gasteiger partial charge in [0.25, 0.3) is 0 Å². The summed E-state index contributed by atoms with van der Waals surface area (Å²) in [5, 5.41) is 8.34. The minimum Gasteiger partial charge on any atom is -0.406 e. The summed E-state index contributed by atoms with van der Waals surface area (Å²) in [4.78, 5) is 20.7. The topological polar surface area (TPSA) is 84.8 Å². The Bertz CT molecular complexity index is 1470. The van der Waals surface area contributed by atoms with Gasteiger partial charge in [0.1, 0.15) is 5.75 Å². The number of alkyl halides is 3. The van der Waals surface area contributed by atoms with Crippen LogP contribution in [0.1, 0.15) is 36.4 Å². The molecule has 4 aromatic rings. The number of hydrogen-bond acceptors (Lipinski definition) is 6. The molecule has 2 N–H and O–H groups in total. The van der Waals surface area contributed by atoms with Crippen molar-refractivity contribution < 1.29 is 17.9 Å². The Labute approximate surface area is 217 Å². The van der Waals surface area contributed by atoms with Crippen LogP contribution in [0.15, 0.2) is 47.3 Å². The lowest BCUT2D eigenvalue weighted by molar-refractivity contribution is -0.274. The van der Waals surface area contributed by atoms with Gasteiger partial charge in [-0.05, 0) is 62.1 Å². The molecule has 196 valence electrons. The molecule has 0 aliphatic carbocycles. The minimum absolute atomic E-state index is 0.0780. The number of ether oxygens (including phenoxy) is 1. The maximum Gasteiger partial charge on any atom is 0.573 e. The molecule has 11 heteroatoms. The fraction of sp³-hybridized carbons (Fsp3) is 0.269. The highest BCUT2D eigenvalue weighted by atomic mass is 32.1. The maximum atomic E-state index is 12.9. The van der Waals surface area contributed by atoms with E-state index in [2.05, 4.69) is 37.7 Å². The molecule has 3 heterocycles. The third-order valence-electron chi connectivity index (χ3n) is 5.41. The average molecular weight is 532 g/mol. The zero-order valence-electron chi connectivity index (χ0n) is 21.1. The van der Waals surface area contributed by atoms with Crippen LogP contribution >= 0.6 is 12.6 Å². The summed E-state index contributed by atoms with van der Waals surface area (Å²) in [6.45, 7) is 8.02. The lowest BCUT2D eigenvalue weighted by Crippen LogP contribution is -2.20. The first kappa shape index (κ1) is 27.9. The molecule has 0 saturated heterocycles. The molecule has 0 spiro atoms. The molecule has 1 aliphatic heterocycles. The average Bonchev–Trinajstić information content (AvgIpc) is 3.31. The third-order valence-corrected chi connectivity index (χ3v) is 5.41. The summed E-state index contributed by atoms with van der Waals surface area (Å²) < 4.78 is 42.6. The number of hydrogen-bond donors (Lipinski definition) is 3. The SMILES string of the molecule is CC.CS.Cc1ccc2[nH]c(-c3nc4n(n3)C=C(c3ccc(OC(F)(F)F)cc3)NC4)c(C)c(=O)c2c1. The second-order valence-electron chi connectivity index (χ2n) is 7.77. The van der Waals surface area contributed by atoms with Gasteiger partial charge in [0.2, 0.25) is 0 Å². The second-order valence-corrected chi connectivity index (χ2v) is 7.77. The zero-order valence-corrected chi connectivity index (χ0v) is 22.0. The highest BCUT2D eigenvalue weighted by Crippen LogP contribution is 2.26. The van der Waals surface area contributed by atoms with E-state index in [9.17, 15) is 18.0 Å². The number of aryl methyl sites for hydroxylation is 1. The second kappa shape index (κ2) is 11.5. The quantitative estimate of drug-likeness (QED) is 0.285. The fourth-order valence-electron chi connectivity index (χ4n) is 3.76. The van der Waals surface area contributed by atoms with Gasteiger partial charge in [0, 0.05) is 16.5 Å². The normalized spacial score (nSPS) is 12.3. The molecule has 7 nitrogen and oxygen atoms in total. The van der Waals surface area contributed by atoms with Crippen molar-refractivity contribution in [2.45, 2.75) is 40.6 Å². The Morgan fingerprint density at radius 3 is 2.38 bits per heavy atom. The number of benzene rings is 2. The molecule has 2 aromatic carbocycles. The van der Waals surface area contributed by atoms with Gasteiger partial charge in [0.15, 0.2) is 17.1 Å². The number of fused-ring (bicyclic) bond motifs is 2. The van der Waals surface area contributed by atoms with Crippen LogP contribution in [0, 0.1) is 13.8 Å². The van der Waals surface area contributed by atoms with Gasteiger partial charge in [-0.1, -0.05) is 25.5 Å². The molecule has 5 rings (SSSR count). The minimum atomic E-state index is -4.74. The Hall–Kier alpha value is -3.73. The predicted octanol–water partition coefficient (Wildman–Crippen LogP) is 5.93. The summed E-state index contributed by atoms with van der Waals surface area (Å²) in [6, 6.07) is 11.2. The largest absolute Gasteiger partial charge is 0.573 e. The highest BCUT2D eigenvalue weighted by Gasteiger charge is 2.31. The number of thiol groups is 1. The number of rotatable bonds is 3. The summed E-state index contributed by atoms with van der Waals surface area (Å²) in [7, 11) is 0. The fourth-order valence-corrected chi connectivity index (χ4v) is 3.76. The molecule has 0 unspecified atom stereocenters. The molecular formula is C26H28F3N5O2S. The van der Waals surface area contributed by atoms with Crippen LogP contribution in [0.25, 0.3) is 34.3 Å². The number of nitrogens with one attached hydrogen (secondary N) is 2. The summed E-state index contributed by atoms with van der Waals surface area (Å²) in [5.74, 6) is 0.725. The summed E-state index contributed by atoms with van der Waals surface area (Å²) in [5.41, 5.74) is 4.02. The van der Waals surface area contributed by atoms with E-state index in [1.807, 2.05) is 39.0 Å². The van der Waals surface area contributed by atoms with E-state index >= 15 is 0 Å². The van der Waals surface area contributed by atoms with Crippen LogP contribution in [0.4, 0.5) is 13.2 Å². The molecule has 1 aliphatic rings. The van der Waals surface area contributed by atoms with Gasteiger partial charge in [0.05, 0.1) is 24.1 Å². The molecular weight excluding hydrogens is 503 g/mol. The first-order valence-electron chi connectivity index (χ1n) is 11.5. The van der Waals surface area contributed by atoms with E-state index in [0.29, 0.717) is 51.6 Å². The smallest absolute Gasteiger partial charge is 0.406 e. The van der Waals surface area contributed by atoms with Gasteiger partial charge in [-0.25, -0.2) is 9.67 Å². The van der Waals surface area contributed by atoms with E-state index < -0.39 is 6.36 Å². The van der Waals surface area contributed by atoms with Crippen LogP contribution in [0.5, 0.6) is 5.75 Å². The van der Waals surface area contributed by atoms with Gasteiger partial charge in [-0.15, -0.1) is 18.3 Å². The number of halogens is 3. The van der Waals surface area contributed by atoms with Crippen molar-refractivity contribution >= 4 is 35.4 Å². The number of aromatic nitrogens is 4. The lowest BCUT2D eigenvalue weighted by Gasteiger charge is -2.16. The summed E-state index contributed by atoms with van der Waals surface area (Å²) in [6.07, 6.45) is -1.34. The first-order valence-corrected chi connectivity index (χ1v) is 12.4. The van der Waals surface area contributed by atoms with Crippen molar-refractivity contribution in [2.24, 2.45) is 0 Å². The number of pyridine rings is 1. The van der Waals surface area contributed by atoms with Gasteiger partial charge >= 0.3 is 6.36 Å². The van der Waals surface area contributed by atoms with E-state index in [0.717, 1.165) is 5.56 Å². The van der Waals surface area contributed by atoms with E-state index in [1.165, 1.54) is 24.3 Å². The van der Waals surface area contributed by atoms with Gasteiger partial charge < -0.3 is 15.0 Å². The van der Waals surface area contributed by atoms with Crippen molar-refractivity contribution in [1.82, 2.24) is 25.1 Å². The zero-order chi connectivity index (χ0) is 27.3. The molecule has 0 fully saturated rings. The van der Waals surface area contributed by atoms with Crippen LogP contribution in [0.2, 0.25) is 0 Å². The van der Waals surface area contributed by atoms with Crippen LogP contribution < -0.4 is 15.5 Å².